The Bertz CT molecular complexity index is 1590. The number of aromatic amines is 1. The summed E-state index contributed by atoms with van der Waals surface area (Å²) in [5.74, 6) is 0.0904. The van der Waals surface area contributed by atoms with Crippen LogP contribution in [0.25, 0.3) is 16.6 Å². The molecule has 0 unspecified atom stereocenters. The van der Waals surface area contributed by atoms with Crippen molar-refractivity contribution < 1.29 is 4.79 Å². The van der Waals surface area contributed by atoms with Crippen LogP contribution in [0, 0.1) is 0 Å². The Balaban J connectivity index is 1.49. The number of para-hydroxylation sites is 2. The molecule has 0 fully saturated rings. The van der Waals surface area contributed by atoms with Crippen molar-refractivity contribution in [2.75, 3.05) is 11.9 Å². The highest BCUT2D eigenvalue weighted by Crippen LogP contribution is 2.16. The number of carbonyl (C=O) groups excluding carboxylic acids is 1. The zero-order valence-electron chi connectivity index (χ0n) is 22.9. The molecule has 4 aromatic rings. The van der Waals surface area contributed by atoms with Gasteiger partial charge in [-0.05, 0) is 74.7 Å². The number of anilines is 1. The lowest BCUT2D eigenvalue weighted by molar-refractivity contribution is 0.102. The number of hydrogen-bond acceptors (Lipinski definition) is 5. The number of aromatic nitrogens is 4. The number of imidazole rings is 1. The summed E-state index contributed by atoms with van der Waals surface area (Å²) in [5.41, 5.74) is 6.67. The highest BCUT2D eigenvalue weighted by Gasteiger charge is 2.11. The molecule has 2 N–H and O–H groups in total. The van der Waals surface area contributed by atoms with E-state index in [-0.39, 0.29) is 18.0 Å². The zero-order valence-corrected chi connectivity index (χ0v) is 22.9. The first-order valence-electron chi connectivity index (χ1n) is 13.2. The van der Waals surface area contributed by atoms with Crippen molar-refractivity contribution in [2.45, 2.75) is 47.1 Å². The van der Waals surface area contributed by atoms with Gasteiger partial charge in [0.1, 0.15) is 0 Å². The second kappa shape index (κ2) is 12.8. The van der Waals surface area contributed by atoms with Crippen LogP contribution < -0.4 is 10.9 Å². The summed E-state index contributed by atoms with van der Waals surface area (Å²) in [6.07, 6.45) is 5.91. The number of nitrogens with zero attached hydrogens (tertiary/aromatic N) is 4. The molecule has 39 heavy (non-hydrogen) atoms. The molecule has 0 saturated heterocycles. The third kappa shape index (κ3) is 7.25. The summed E-state index contributed by atoms with van der Waals surface area (Å²) in [6.45, 7) is 9.23. The molecular weight excluding hydrogens is 488 g/mol. The summed E-state index contributed by atoms with van der Waals surface area (Å²) in [6, 6.07) is 18.0. The minimum atomic E-state index is -0.291. The number of benzene rings is 2. The van der Waals surface area contributed by atoms with Crippen LogP contribution in [-0.4, -0.2) is 37.9 Å². The fourth-order valence-electron chi connectivity index (χ4n) is 4.07. The SMILES string of the molecule is CCN=C(C=C(C)CC)C/C=C(\C)c1ccc(=O)n(Cc2cccc(C(=O)Nc3nc4ccccc4[nH]3)c2)n1. The van der Waals surface area contributed by atoms with Gasteiger partial charge in [-0.25, -0.2) is 9.67 Å². The Morgan fingerprint density at radius 1 is 1.08 bits per heavy atom. The largest absolute Gasteiger partial charge is 0.324 e. The minimum Gasteiger partial charge on any atom is -0.324 e. The third-order valence-corrected chi connectivity index (χ3v) is 6.36. The molecule has 8 heteroatoms. The van der Waals surface area contributed by atoms with Crippen molar-refractivity contribution in [3.63, 3.8) is 0 Å². The molecule has 2 heterocycles. The van der Waals surface area contributed by atoms with Crippen LogP contribution in [0.2, 0.25) is 0 Å². The second-order valence-corrected chi connectivity index (χ2v) is 9.37. The molecule has 0 aliphatic carbocycles. The first kappa shape index (κ1) is 27.4. The average molecular weight is 523 g/mol. The number of allylic oxidation sites excluding steroid dienone is 4. The lowest BCUT2D eigenvalue weighted by Gasteiger charge is -2.09. The smallest absolute Gasteiger partial charge is 0.267 e. The van der Waals surface area contributed by atoms with Gasteiger partial charge in [-0.1, -0.05) is 42.8 Å². The van der Waals surface area contributed by atoms with Crippen LogP contribution in [0.15, 0.2) is 88.2 Å². The second-order valence-electron chi connectivity index (χ2n) is 9.37. The molecule has 2 aromatic carbocycles. The lowest BCUT2D eigenvalue weighted by Crippen LogP contribution is -2.23. The summed E-state index contributed by atoms with van der Waals surface area (Å²) in [4.78, 5) is 37.6. The van der Waals surface area contributed by atoms with E-state index in [4.69, 9.17) is 0 Å². The number of rotatable bonds is 10. The highest BCUT2D eigenvalue weighted by atomic mass is 16.2. The first-order valence-corrected chi connectivity index (χ1v) is 13.2. The Kier molecular flexibility index (Phi) is 8.99. The van der Waals surface area contributed by atoms with Gasteiger partial charge in [0.2, 0.25) is 5.95 Å². The van der Waals surface area contributed by atoms with Crippen molar-refractivity contribution in [3.8, 4) is 0 Å². The van der Waals surface area contributed by atoms with E-state index in [2.05, 4.69) is 51.4 Å². The number of fused-ring (bicyclic) bond motifs is 1. The van der Waals surface area contributed by atoms with E-state index in [1.165, 1.54) is 16.3 Å². The van der Waals surface area contributed by atoms with Crippen molar-refractivity contribution in [1.82, 2.24) is 19.7 Å². The molecule has 0 bridgehead atoms. The minimum absolute atomic E-state index is 0.210. The highest BCUT2D eigenvalue weighted by molar-refractivity contribution is 6.04. The van der Waals surface area contributed by atoms with Crippen LogP contribution in [0.4, 0.5) is 5.95 Å². The molecule has 0 atom stereocenters. The van der Waals surface area contributed by atoms with Gasteiger partial charge in [0.15, 0.2) is 0 Å². The summed E-state index contributed by atoms with van der Waals surface area (Å²) in [7, 11) is 0. The van der Waals surface area contributed by atoms with E-state index in [0.717, 1.165) is 46.5 Å². The molecule has 0 aliphatic heterocycles. The molecule has 0 radical (unpaired) electrons. The van der Waals surface area contributed by atoms with Gasteiger partial charge in [0.25, 0.3) is 11.5 Å². The van der Waals surface area contributed by atoms with E-state index in [0.29, 0.717) is 17.9 Å². The number of H-pyrrole nitrogens is 1. The van der Waals surface area contributed by atoms with E-state index in [1.54, 1.807) is 24.3 Å². The van der Waals surface area contributed by atoms with Gasteiger partial charge < -0.3 is 4.98 Å². The maximum absolute atomic E-state index is 12.9. The van der Waals surface area contributed by atoms with Gasteiger partial charge in [-0.15, -0.1) is 0 Å². The molecule has 0 saturated carbocycles. The number of nitrogens with one attached hydrogen (secondary N) is 2. The molecule has 0 aliphatic rings. The Morgan fingerprint density at radius 2 is 1.90 bits per heavy atom. The van der Waals surface area contributed by atoms with Gasteiger partial charge in [0, 0.05) is 30.3 Å². The molecular formula is C31H34N6O2. The lowest BCUT2D eigenvalue weighted by atomic mass is 10.1. The van der Waals surface area contributed by atoms with Gasteiger partial charge >= 0.3 is 0 Å². The van der Waals surface area contributed by atoms with Crippen molar-refractivity contribution in [1.29, 1.82) is 0 Å². The fraction of sp³-hybridized carbons (Fsp3) is 0.258. The standard InChI is InChI=1S/C31H34N6O2/c1-5-21(3)18-25(32-6-2)15-14-22(4)26-16-17-29(38)37(36-26)20-23-10-9-11-24(19-23)30(39)35-31-33-27-12-7-8-13-28(27)34-31/h7-14,16-19H,5-6,15,20H2,1-4H3,(H2,33,34,35,39)/b21-18?,22-14+,32-25?. The van der Waals surface area contributed by atoms with Crippen molar-refractivity contribution in [3.05, 3.63) is 106 Å². The van der Waals surface area contributed by atoms with E-state index in [1.807, 2.05) is 44.2 Å². The van der Waals surface area contributed by atoms with Gasteiger partial charge in [-0.2, -0.15) is 5.10 Å². The predicted octanol–water partition coefficient (Wildman–Crippen LogP) is 6.03. The van der Waals surface area contributed by atoms with Crippen LogP contribution in [0.3, 0.4) is 0 Å². The van der Waals surface area contributed by atoms with Gasteiger partial charge in [-0.3, -0.25) is 19.9 Å². The number of carbonyl (C=O) groups is 1. The maximum atomic E-state index is 12.9. The topological polar surface area (TPSA) is 105 Å². The molecule has 200 valence electrons. The first-order chi connectivity index (χ1) is 18.9. The van der Waals surface area contributed by atoms with Crippen molar-refractivity contribution >= 4 is 34.2 Å². The van der Waals surface area contributed by atoms with E-state index in [9.17, 15) is 9.59 Å². The summed E-state index contributed by atoms with van der Waals surface area (Å²) in [5, 5.41) is 7.41. The van der Waals surface area contributed by atoms with Crippen LogP contribution in [-0.2, 0) is 6.54 Å². The molecule has 1 amide bonds. The molecule has 8 nitrogen and oxygen atoms in total. The van der Waals surface area contributed by atoms with Crippen LogP contribution in [0.5, 0.6) is 0 Å². The predicted molar refractivity (Wildman–Crippen MR) is 158 cm³/mol. The molecule has 2 aromatic heterocycles. The van der Waals surface area contributed by atoms with Crippen LogP contribution in [0.1, 0.15) is 62.2 Å². The van der Waals surface area contributed by atoms with Crippen molar-refractivity contribution in [2.24, 2.45) is 4.99 Å². The number of hydrogen-bond donors (Lipinski definition) is 2. The van der Waals surface area contributed by atoms with Gasteiger partial charge in [0.05, 0.1) is 23.3 Å². The van der Waals surface area contributed by atoms with Crippen LogP contribution >= 0.6 is 0 Å². The quantitative estimate of drug-likeness (QED) is 0.248. The normalized spacial score (nSPS) is 12.7. The Labute approximate surface area is 228 Å². The number of aliphatic imine (C=N–C) groups is 1. The summed E-state index contributed by atoms with van der Waals surface area (Å²) < 4.78 is 1.42. The monoisotopic (exact) mass is 522 g/mol. The number of amides is 1. The third-order valence-electron chi connectivity index (χ3n) is 6.36. The summed E-state index contributed by atoms with van der Waals surface area (Å²) >= 11 is 0. The average Bonchev–Trinajstić information content (AvgIpc) is 3.35. The maximum Gasteiger partial charge on any atom is 0.267 e. The van der Waals surface area contributed by atoms with E-state index >= 15 is 0 Å². The zero-order chi connectivity index (χ0) is 27.8. The Morgan fingerprint density at radius 3 is 2.67 bits per heavy atom. The van der Waals surface area contributed by atoms with E-state index < -0.39 is 0 Å². The fourth-order valence-corrected chi connectivity index (χ4v) is 4.07. The molecule has 0 spiro atoms. The Hall–Kier alpha value is -4.59. The molecule has 4 rings (SSSR count).